The number of nitrogens with zero attached hydrogens (tertiary/aromatic N) is 5. The molecule has 1 amide bonds. The molecule has 2 aromatic rings. The van der Waals surface area contributed by atoms with Gasteiger partial charge in [0.1, 0.15) is 5.54 Å². The van der Waals surface area contributed by atoms with Gasteiger partial charge in [0.2, 0.25) is 11.9 Å². The van der Waals surface area contributed by atoms with Gasteiger partial charge in [-0.3, -0.25) is 9.69 Å². The summed E-state index contributed by atoms with van der Waals surface area (Å²) in [5.74, 6) is -0.528. The van der Waals surface area contributed by atoms with Gasteiger partial charge < -0.3 is 14.9 Å². The molecular weight excluding hydrogens is 382 g/mol. The van der Waals surface area contributed by atoms with Crippen molar-refractivity contribution in [2.45, 2.75) is 12.5 Å². The van der Waals surface area contributed by atoms with Crippen molar-refractivity contribution in [1.82, 2.24) is 19.8 Å². The van der Waals surface area contributed by atoms with Gasteiger partial charge in [-0.05, 0) is 12.5 Å². The summed E-state index contributed by atoms with van der Waals surface area (Å²) < 4.78 is 0. The number of benzene rings is 1. The largest absolute Gasteiger partial charge is 0.478 e. The van der Waals surface area contributed by atoms with Gasteiger partial charge in [-0.1, -0.05) is 42.5 Å². The van der Waals surface area contributed by atoms with Crippen LogP contribution in [0.25, 0.3) is 6.08 Å². The number of hydrogen-bond donors (Lipinski definition) is 1. The van der Waals surface area contributed by atoms with Gasteiger partial charge in [0.15, 0.2) is 0 Å². The zero-order chi connectivity index (χ0) is 21.7. The van der Waals surface area contributed by atoms with Crippen LogP contribution < -0.4 is 4.90 Å². The Bertz CT molecular complexity index is 906. The number of hydrogen-bond acceptors (Lipinski definition) is 6. The number of rotatable bonds is 6. The molecule has 158 valence electrons. The summed E-state index contributed by atoms with van der Waals surface area (Å²) in [6.45, 7) is 4.53. The lowest BCUT2D eigenvalue weighted by molar-refractivity contribution is -0.138. The van der Waals surface area contributed by atoms with Crippen LogP contribution in [0.2, 0.25) is 0 Å². The van der Waals surface area contributed by atoms with Crippen molar-refractivity contribution in [1.29, 1.82) is 0 Å². The Kier molecular flexibility index (Phi) is 6.47. The molecule has 1 atom stereocenters. The summed E-state index contributed by atoms with van der Waals surface area (Å²) in [4.78, 5) is 38.2. The summed E-state index contributed by atoms with van der Waals surface area (Å²) >= 11 is 0. The van der Waals surface area contributed by atoms with E-state index in [0.717, 1.165) is 5.56 Å². The van der Waals surface area contributed by atoms with Crippen LogP contribution in [0.5, 0.6) is 0 Å². The van der Waals surface area contributed by atoms with Crippen molar-refractivity contribution in [3.8, 4) is 0 Å². The molecule has 30 heavy (non-hydrogen) atoms. The SMILES string of the molecule is CN(C)C(=O)C(C)(C=Cc1ccccc1)N1CCN(c2ncc(C(=O)O)cn2)CC1. The van der Waals surface area contributed by atoms with E-state index in [9.17, 15) is 9.59 Å². The molecule has 1 saturated heterocycles. The molecule has 0 saturated carbocycles. The summed E-state index contributed by atoms with van der Waals surface area (Å²) in [6.07, 6.45) is 6.60. The fourth-order valence-corrected chi connectivity index (χ4v) is 3.55. The van der Waals surface area contributed by atoms with Crippen LogP contribution in [0.3, 0.4) is 0 Å². The molecule has 1 unspecified atom stereocenters. The molecule has 1 aliphatic heterocycles. The molecule has 0 spiro atoms. The lowest BCUT2D eigenvalue weighted by Crippen LogP contribution is -2.61. The fraction of sp³-hybridized carbons (Fsp3) is 0.364. The minimum absolute atomic E-state index is 0.0187. The molecule has 1 aliphatic rings. The maximum Gasteiger partial charge on any atom is 0.338 e. The van der Waals surface area contributed by atoms with Crippen LogP contribution in [-0.4, -0.2) is 82.6 Å². The van der Waals surface area contributed by atoms with Crippen molar-refractivity contribution in [3.63, 3.8) is 0 Å². The molecule has 3 rings (SSSR count). The number of carboxylic acid groups (broad SMARTS) is 1. The van der Waals surface area contributed by atoms with E-state index in [1.54, 1.807) is 19.0 Å². The van der Waals surface area contributed by atoms with Crippen molar-refractivity contribution >= 4 is 23.9 Å². The van der Waals surface area contributed by atoms with Crippen molar-refractivity contribution in [2.75, 3.05) is 45.2 Å². The van der Waals surface area contributed by atoms with Gasteiger partial charge in [0.05, 0.1) is 5.56 Å². The van der Waals surface area contributed by atoms with Crippen molar-refractivity contribution in [2.24, 2.45) is 0 Å². The molecule has 0 radical (unpaired) electrons. The van der Waals surface area contributed by atoms with Crippen LogP contribution in [0.4, 0.5) is 5.95 Å². The Hall–Kier alpha value is -3.26. The normalized spacial score (nSPS) is 17.0. The third-order valence-electron chi connectivity index (χ3n) is 5.34. The van der Waals surface area contributed by atoms with Crippen LogP contribution in [0.15, 0.2) is 48.8 Å². The van der Waals surface area contributed by atoms with E-state index in [1.165, 1.54) is 12.4 Å². The summed E-state index contributed by atoms with van der Waals surface area (Å²) in [6, 6.07) is 9.92. The molecule has 1 aromatic heterocycles. The maximum absolute atomic E-state index is 13.1. The molecule has 0 bridgehead atoms. The first-order valence-electron chi connectivity index (χ1n) is 9.82. The van der Waals surface area contributed by atoms with Crippen molar-refractivity contribution < 1.29 is 14.7 Å². The second-order valence-electron chi connectivity index (χ2n) is 7.64. The highest BCUT2D eigenvalue weighted by Crippen LogP contribution is 2.24. The van der Waals surface area contributed by atoms with Gasteiger partial charge in [0, 0.05) is 52.7 Å². The zero-order valence-electron chi connectivity index (χ0n) is 17.5. The Morgan fingerprint density at radius 3 is 2.20 bits per heavy atom. The fourth-order valence-electron chi connectivity index (χ4n) is 3.55. The number of anilines is 1. The quantitative estimate of drug-likeness (QED) is 0.779. The van der Waals surface area contributed by atoms with E-state index in [1.807, 2.05) is 54.3 Å². The predicted octanol–water partition coefficient (Wildman–Crippen LogP) is 1.86. The lowest BCUT2D eigenvalue weighted by atomic mass is 9.95. The molecule has 8 nitrogen and oxygen atoms in total. The average Bonchev–Trinajstić information content (AvgIpc) is 2.77. The Balaban J connectivity index is 1.75. The smallest absolute Gasteiger partial charge is 0.338 e. The number of likely N-dealkylation sites (N-methyl/N-ethyl adjacent to an activating group) is 1. The highest BCUT2D eigenvalue weighted by Gasteiger charge is 2.39. The Morgan fingerprint density at radius 1 is 1.07 bits per heavy atom. The number of aromatic nitrogens is 2. The standard InChI is InChI=1S/C22H27N5O3/c1-22(20(30)25(2)3,10-9-17-7-5-4-6-8-17)27-13-11-26(12-14-27)21-23-15-18(16-24-21)19(28)29/h4-10,15-16H,11-14H2,1-3H3,(H,28,29). The predicted molar refractivity (Wildman–Crippen MR) is 115 cm³/mol. The van der Waals surface area contributed by atoms with Gasteiger partial charge in [-0.2, -0.15) is 0 Å². The highest BCUT2D eigenvalue weighted by molar-refractivity contribution is 5.89. The van der Waals surface area contributed by atoms with E-state index in [0.29, 0.717) is 32.1 Å². The summed E-state index contributed by atoms with van der Waals surface area (Å²) in [7, 11) is 3.54. The molecule has 0 aliphatic carbocycles. The van der Waals surface area contributed by atoms with E-state index >= 15 is 0 Å². The van der Waals surface area contributed by atoms with E-state index < -0.39 is 11.5 Å². The molecule has 8 heteroatoms. The third kappa shape index (κ3) is 4.65. The van der Waals surface area contributed by atoms with Crippen LogP contribution in [0.1, 0.15) is 22.8 Å². The Labute approximate surface area is 176 Å². The first kappa shape index (κ1) is 21.4. The highest BCUT2D eigenvalue weighted by atomic mass is 16.4. The summed E-state index contributed by atoms with van der Waals surface area (Å²) in [5, 5.41) is 9.00. The maximum atomic E-state index is 13.1. The first-order chi connectivity index (χ1) is 14.3. The third-order valence-corrected chi connectivity index (χ3v) is 5.34. The first-order valence-corrected chi connectivity index (χ1v) is 9.82. The minimum Gasteiger partial charge on any atom is -0.478 e. The summed E-state index contributed by atoms with van der Waals surface area (Å²) in [5.41, 5.74) is 0.327. The van der Waals surface area contributed by atoms with Crippen LogP contribution >= 0.6 is 0 Å². The molecule has 1 N–H and O–H groups in total. The topological polar surface area (TPSA) is 89.9 Å². The van der Waals surface area contributed by atoms with Gasteiger partial charge in [0.25, 0.3) is 0 Å². The second kappa shape index (κ2) is 9.04. The van der Waals surface area contributed by atoms with Gasteiger partial charge in [-0.25, -0.2) is 14.8 Å². The van der Waals surface area contributed by atoms with Crippen molar-refractivity contribution in [3.05, 3.63) is 59.9 Å². The number of carbonyl (C=O) groups excluding carboxylic acids is 1. The molecule has 2 heterocycles. The van der Waals surface area contributed by atoms with E-state index in [2.05, 4.69) is 14.9 Å². The number of amides is 1. The van der Waals surface area contributed by atoms with E-state index in [4.69, 9.17) is 5.11 Å². The number of carboxylic acids is 1. The van der Waals surface area contributed by atoms with E-state index in [-0.39, 0.29) is 11.5 Å². The number of aromatic carboxylic acids is 1. The van der Waals surface area contributed by atoms with Crippen LogP contribution in [0, 0.1) is 0 Å². The Morgan fingerprint density at radius 2 is 1.67 bits per heavy atom. The van der Waals surface area contributed by atoms with Gasteiger partial charge in [-0.15, -0.1) is 0 Å². The zero-order valence-corrected chi connectivity index (χ0v) is 17.5. The monoisotopic (exact) mass is 409 g/mol. The lowest BCUT2D eigenvalue weighted by Gasteiger charge is -2.44. The minimum atomic E-state index is -1.05. The molecule has 1 fully saturated rings. The second-order valence-corrected chi connectivity index (χ2v) is 7.64. The average molecular weight is 409 g/mol. The number of piperazine rings is 1. The van der Waals surface area contributed by atoms with Crippen LogP contribution in [-0.2, 0) is 4.79 Å². The van der Waals surface area contributed by atoms with Gasteiger partial charge >= 0.3 is 5.97 Å². The molecular formula is C22H27N5O3. The number of carbonyl (C=O) groups is 2. The molecule has 1 aromatic carbocycles.